The van der Waals surface area contributed by atoms with Gasteiger partial charge in [0.05, 0.1) is 7.11 Å². The number of nitrogens with zero attached hydrogens (tertiary/aromatic N) is 1. The van der Waals surface area contributed by atoms with E-state index in [1.165, 1.54) is 0 Å². The fraction of sp³-hybridized carbons (Fsp3) is 0.571. The Labute approximate surface area is 109 Å². The van der Waals surface area contributed by atoms with Crippen molar-refractivity contribution in [2.75, 3.05) is 26.7 Å². The first kappa shape index (κ1) is 13.2. The molecule has 1 aliphatic heterocycles. The molecular formula is C14H22N2O2. The Hall–Kier alpha value is -1.26. The van der Waals surface area contributed by atoms with Crippen molar-refractivity contribution < 1.29 is 9.84 Å². The van der Waals surface area contributed by atoms with Crippen LogP contribution in [0.25, 0.3) is 0 Å². The molecule has 0 unspecified atom stereocenters. The zero-order chi connectivity index (χ0) is 13.0. The van der Waals surface area contributed by atoms with Crippen molar-refractivity contribution >= 4 is 0 Å². The van der Waals surface area contributed by atoms with E-state index in [4.69, 9.17) is 4.74 Å². The molecule has 2 rings (SSSR count). The predicted molar refractivity (Wildman–Crippen MR) is 72.0 cm³/mol. The average Bonchev–Trinajstić information content (AvgIpc) is 2.27. The molecule has 4 nitrogen and oxygen atoms in total. The predicted octanol–water partition coefficient (Wildman–Crippen LogP) is 1.58. The first-order valence-electron chi connectivity index (χ1n) is 6.55. The molecule has 0 aromatic heterocycles. The molecule has 0 bridgehead atoms. The average molecular weight is 250 g/mol. The van der Waals surface area contributed by atoms with Gasteiger partial charge in [0.15, 0.2) is 11.5 Å². The fourth-order valence-corrected chi connectivity index (χ4v) is 2.28. The van der Waals surface area contributed by atoms with Crippen LogP contribution in [0.15, 0.2) is 18.2 Å². The number of hydrogen-bond donors (Lipinski definition) is 2. The Balaban J connectivity index is 2.03. The van der Waals surface area contributed by atoms with Crippen molar-refractivity contribution in [3.05, 3.63) is 23.8 Å². The number of nitrogens with one attached hydrogen (secondary N) is 1. The summed E-state index contributed by atoms with van der Waals surface area (Å²) in [5, 5.41) is 13.1. The highest BCUT2D eigenvalue weighted by Gasteiger charge is 2.23. The minimum Gasteiger partial charge on any atom is -0.504 e. The molecule has 1 aromatic rings. The number of hydrogen-bond acceptors (Lipinski definition) is 4. The highest BCUT2D eigenvalue weighted by molar-refractivity contribution is 5.41. The minimum absolute atomic E-state index is 0.221. The van der Waals surface area contributed by atoms with Crippen LogP contribution in [-0.4, -0.2) is 42.8 Å². The number of ether oxygens (including phenoxy) is 1. The van der Waals surface area contributed by atoms with E-state index < -0.39 is 0 Å². The SMILES string of the molecule is CCCN(Cc1ccc(OC)c(O)c1)C1CNC1. The van der Waals surface area contributed by atoms with Gasteiger partial charge in [0.2, 0.25) is 0 Å². The first-order chi connectivity index (χ1) is 8.74. The van der Waals surface area contributed by atoms with Crippen molar-refractivity contribution in [3.8, 4) is 11.5 Å². The monoisotopic (exact) mass is 250 g/mol. The number of methoxy groups -OCH3 is 1. The summed E-state index contributed by atoms with van der Waals surface area (Å²) in [4.78, 5) is 2.47. The Morgan fingerprint density at radius 1 is 1.44 bits per heavy atom. The summed E-state index contributed by atoms with van der Waals surface area (Å²) in [5.41, 5.74) is 1.13. The van der Waals surface area contributed by atoms with Gasteiger partial charge in [-0.1, -0.05) is 13.0 Å². The lowest BCUT2D eigenvalue weighted by molar-refractivity contribution is 0.137. The third-order valence-corrected chi connectivity index (χ3v) is 3.42. The maximum Gasteiger partial charge on any atom is 0.160 e. The van der Waals surface area contributed by atoms with E-state index in [0.717, 1.165) is 38.2 Å². The van der Waals surface area contributed by atoms with Gasteiger partial charge in [-0.25, -0.2) is 0 Å². The topological polar surface area (TPSA) is 44.7 Å². The van der Waals surface area contributed by atoms with Gasteiger partial charge in [-0.2, -0.15) is 0 Å². The third kappa shape index (κ3) is 2.94. The summed E-state index contributed by atoms with van der Waals surface area (Å²) in [6.07, 6.45) is 1.15. The smallest absolute Gasteiger partial charge is 0.160 e. The number of phenolic OH excluding ortho intramolecular Hbond substituents is 1. The van der Waals surface area contributed by atoms with Gasteiger partial charge in [0, 0.05) is 25.7 Å². The van der Waals surface area contributed by atoms with E-state index in [-0.39, 0.29) is 5.75 Å². The summed E-state index contributed by atoms with van der Waals surface area (Å²) < 4.78 is 5.06. The molecule has 2 N–H and O–H groups in total. The maximum atomic E-state index is 9.79. The molecule has 100 valence electrons. The van der Waals surface area contributed by atoms with Gasteiger partial charge in [0.1, 0.15) is 0 Å². The van der Waals surface area contributed by atoms with Crippen molar-refractivity contribution in [2.45, 2.75) is 25.9 Å². The van der Waals surface area contributed by atoms with Crippen LogP contribution in [0, 0.1) is 0 Å². The van der Waals surface area contributed by atoms with Crippen molar-refractivity contribution in [2.24, 2.45) is 0 Å². The van der Waals surface area contributed by atoms with Crippen LogP contribution >= 0.6 is 0 Å². The van der Waals surface area contributed by atoms with Crippen LogP contribution in [-0.2, 0) is 6.54 Å². The minimum atomic E-state index is 0.221. The molecule has 0 saturated carbocycles. The lowest BCUT2D eigenvalue weighted by atomic mass is 10.1. The molecule has 0 radical (unpaired) electrons. The van der Waals surface area contributed by atoms with Crippen molar-refractivity contribution in [1.29, 1.82) is 0 Å². The van der Waals surface area contributed by atoms with Crippen molar-refractivity contribution in [3.63, 3.8) is 0 Å². The van der Waals surface area contributed by atoms with E-state index in [9.17, 15) is 5.11 Å². The van der Waals surface area contributed by atoms with Crippen LogP contribution in [0.1, 0.15) is 18.9 Å². The summed E-state index contributed by atoms with van der Waals surface area (Å²) in [6.45, 7) is 6.33. The zero-order valence-electron chi connectivity index (χ0n) is 11.1. The van der Waals surface area contributed by atoms with E-state index >= 15 is 0 Å². The maximum absolute atomic E-state index is 9.79. The molecule has 0 amide bonds. The summed E-state index contributed by atoms with van der Waals surface area (Å²) in [5.74, 6) is 0.754. The number of aromatic hydroxyl groups is 1. The third-order valence-electron chi connectivity index (χ3n) is 3.42. The first-order valence-corrected chi connectivity index (χ1v) is 6.55. The van der Waals surface area contributed by atoms with Crippen LogP contribution in [0.5, 0.6) is 11.5 Å². The van der Waals surface area contributed by atoms with Gasteiger partial charge >= 0.3 is 0 Å². The summed E-state index contributed by atoms with van der Waals surface area (Å²) in [6, 6.07) is 6.28. The second kappa shape index (κ2) is 6.07. The Morgan fingerprint density at radius 3 is 2.72 bits per heavy atom. The molecule has 4 heteroatoms. The van der Waals surface area contributed by atoms with Crippen LogP contribution in [0.4, 0.5) is 0 Å². The second-order valence-electron chi connectivity index (χ2n) is 4.79. The number of benzene rings is 1. The summed E-state index contributed by atoms with van der Waals surface area (Å²) >= 11 is 0. The molecular weight excluding hydrogens is 228 g/mol. The lowest BCUT2D eigenvalue weighted by Crippen LogP contribution is -2.56. The second-order valence-corrected chi connectivity index (χ2v) is 4.79. The lowest BCUT2D eigenvalue weighted by Gasteiger charge is -2.38. The molecule has 1 aliphatic rings. The fourth-order valence-electron chi connectivity index (χ4n) is 2.28. The van der Waals surface area contributed by atoms with E-state index in [0.29, 0.717) is 11.8 Å². The van der Waals surface area contributed by atoms with E-state index in [2.05, 4.69) is 17.1 Å². The van der Waals surface area contributed by atoms with Gasteiger partial charge in [-0.05, 0) is 30.7 Å². The molecule has 1 saturated heterocycles. The quantitative estimate of drug-likeness (QED) is 0.804. The number of rotatable bonds is 6. The van der Waals surface area contributed by atoms with Gasteiger partial charge in [0.25, 0.3) is 0 Å². The molecule has 0 atom stereocenters. The standard InChI is InChI=1S/C14H22N2O2/c1-3-6-16(12-8-15-9-12)10-11-4-5-14(18-2)13(17)7-11/h4-5,7,12,15,17H,3,6,8-10H2,1-2H3. The summed E-state index contributed by atoms with van der Waals surface area (Å²) in [7, 11) is 1.57. The molecule has 18 heavy (non-hydrogen) atoms. The normalized spacial score (nSPS) is 15.7. The van der Waals surface area contributed by atoms with Gasteiger partial charge in [-0.15, -0.1) is 0 Å². The van der Waals surface area contributed by atoms with Crippen LogP contribution < -0.4 is 10.1 Å². The van der Waals surface area contributed by atoms with Crippen LogP contribution in [0.3, 0.4) is 0 Å². The van der Waals surface area contributed by atoms with Gasteiger partial charge in [-0.3, -0.25) is 4.90 Å². The largest absolute Gasteiger partial charge is 0.504 e. The molecule has 1 fully saturated rings. The highest BCUT2D eigenvalue weighted by atomic mass is 16.5. The van der Waals surface area contributed by atoms with Crippen molar-refractivity contribution in [1.82, 2.24) is 10.2 Å². The Kier molecular flexibility index (Phi) is 4.44. The Bertz CT molecular complexity index is 391. The molecule has 1 heterocycles. The molecule has 0 aliphatic carbocycles. The molecule has 0 spiro atoms. The molecule has 1 aromatic carbocycles. The van der Waals surface area contributed by atoms with Crippen LogP contribution in [0.2, 0.25) is 0 Å². The van der Waals surface area contributed by atoms with E-state index in [1.54, 1.807) is 13.2 Å². The zero-order valence-corrected chi connectivity index (χ0v) is 11.1. The Morgan fingerprint density at radius 2 is 2.22 bits per heavy atom. The van der Waals surface area contributed by atoms with Gasteiger partial charge < -0.3 is 15.2 Å². The number of phenols is 1. The van der Waals surface area contributed by atoms with E-state index in [1.807, 2.05) is 12.1 Å². The highest BCUT2D eigenvalue weighted by Crippen LogP contribution is 2.27.